The summed E-state index contributed by atoms with van der Waals surface area (Å²) in [4.78, 5) is 43.7. The Bertz CT molecular complexity index is 1340. The first-order chi connectivity index (χ1) is 20.6. The molecule has 1 aromatic heterocycles. The molecule has 0 radical (unpaired) electrons. The number of carbonyl (C=O) groups excluding carboxylic acids is 3. The van der Waals surface area contributed by atoms with Crippen LogP contribution in [0.1, 0.15) is 70.4 Å². The lowest BCUT2D eigenvalue weighted by molar-refractivity contribution is -0.130. The minimum atomic E-state index is -0.979. The van der Waals surface area contributed by atoms with E-state index in [2.05, 4.69) is 20.9 Å². The largest absolute Gasteiger partial charge is 0.444 e. The molecule has 1 fully saturated rings. The predicted octanol–water partition coefficient (Wildman–Crippen LogP) is 4.75. The first kappa shape index (κ1) is 32.1. The number of fused-ring (bicyclic) bond motifs is 1. The minimum Gasteiger partial charge on any atom is -0.444 e. The highest BCUT2D eigenvalue weighted by Gasteiger charge is 2.30. The summed E-state index contributed by atoms with van der Waals surface area (Å²) in [6.07, 6.45) is 8.48. The van der Waals surface area contributed by atoms with Crippen molar-refractivity contribution >= 4 is 28.8 Å². The fraction of sp³-hybridized carbons (Fsp3) is 0.500. The highest BCUT2D eigenvalue weighted by molar-refractivity contribution is 5.92. The molecule has 1 saturated carbocycles. The maximum Gasteiger partial charge on any atom is 0.408 e. The van der Waals surface area contributed by atoms with Crippen molar-refractivity contribution in [1.29, 1.82) is 0 Å². The van der Waals surface area contributed by atoms with Gasteiger partial charge in [-0.3, -0.25) is 9.59 Å². The van der Waals surface area contributed by atoms with Crippen molar-refractivity contribution < 1.29 is 19.1 Å². The zero-order chi connectivity index (χ0) is 30.8. The Labute approximate surface area is 254 Å². The second-order valence-corrected chi connectivity index (χ2v) is 12.7. The zero-order valence-electron chi connectivity index (χ0n) is 25.7. The predicted molar refractivity (Wildman–Crippen MR) is 169 cm³/mol. The van der Waals surface area contributed by atoms with Crippen LogP contribution in [-0.4, -0.2) is 53.2 Å². The Morgan fingerprint density at radius 3 is 2.23 bits per heavy atom. The summed E-state index contributed by atoms with van der Waals surface area (Å²) >= 11 is 0. The number of alkyl carbamates (subject to hydrolysis) is 1. The lowest BCUT2D eigenvalue weighted by Gasteiger charge is -2.29. The molecule has 43 heavy (non-hydrogen) atoms. The molecule has 1 aliphatic rings. The van der Waals surface area contributed by atoms with E-state index < -0.39 is 29.7 Å². The number of aromatic amines is 1. The van der Waals surface area contributed by atoms with Crippen molar-refractivity contribution in [2.24, 2.45) is 11.7 Å². The molecule has 1 aliphatic carbocycles. The molecule has 3 atom stereocenters. The molecule has 232 valence electrons. The topological polar surface area (TPSA) is 138 Å². The van der Waals surface area contributed by atoms with Crippen LogP contribution in [0, 0.1) is 5.92 Å². The van der Waals surface area contributed by atoms with Crippen molar-refractivity contribution in [2.45, 2.75) is 95.9 Å². The molecule has 9 heteroatoms. The first-order valence-electron chi connectivity index (χ1n) is 15.5. The molecular formula is C34H47N5O4. The van der Waals surface area contributed by atoms with E-state index in [1.54, 1.807) is 20.8 Å². The van der Waals surface area contributed by atoms with E-state index in [4.69, 9.17) is 10.5 Å². The number of ether oxygens (including phenoxy) is 1. The van der Waals surface area contributed by atoms with Gasteiger partial charge in [-0.25, -0.2) is 4.79 Å². The quantitative estimate of drug-likeness (QED) is 0.208. The van der Waals surface area contributed by atoms with Crippen LogP contribution in [0.2, 0.25) is 0 Å². The van der Waals surface area contributed by atoms with Gasteiger partial charge in [-0.1, -0.05) is 80.6 Å². The fourth-order valence-corrected chi connectivity index (χ4v) is 5.85. The molecule has 0 aliphatic heterocycles. The van der Waals surface area contributed by atoms with Gasteiger partial charge in [-0.2, -0.15) is 0 Å². The summed E-state index contributed by atoms with van der Waals surface area (Å²) in [5, 5.41) is 9.79. The second-order valence-electron chi connectivity index (χ2n) is 12.7. The summed E-state index contributed by atoms with van der Waals surface area (Å²) in [6.45, 7) is 5.63. The Kier molecular flexibility index (Phi) is 11.2. The highest BCUT2D eigenvalue weighted by Crippen LogP contribution is 2.27. The smallest absolute Gasteiger partial charge is 0.408 e. The lowest BCUT2D eigenvalue weighted by Crippen LogP contribution is -2.57. The van der Waals surface area contributed by atoms with Gasteiger partial charge < -0.3 is 31.4 Å². The molecule has 1 heterocycles. The number of hydrogen-bond donors (Lipinski definition) is 5. The summed E-state index contributed by atoms with van der Waals surface area (Å²) in [7, 11) is 0. The molecule has 3 amide bonds. The Hall–Kier alpha value is -3.85. The number of hydrogen-bond acceptors (Lipinski definition) is 5. The van der Waals surface area contributed by atoms with Crippen molar-refractivity contribution in [1.82, 2.24) is 20.9 Å². The van der Waals surface area contributed by atoms with Crippen LogP contribution in [0.3, 0.4) is 0 Å². The van der Waals surface area contributed by atoms with Gasteiger partial charge in [-0.15, -0.1) is 0 Å². The minimum absolute atomic E-state index is 0.173. The molecule has 0 unspecified atom stereocenters. The SMILES string of the molecule is CC(C)(C)OC(=O)N[C@@H](Cc1c[nH]c2ccccc12)C(=O)N[C@@H](Cc1ccccc1)C(=O)N[C@@H](CN)CC1CCCCC1. The number of nitrogens with two attached hydrogens (primary N) is 1. The third kappa shape index (κ3) is 9.85. The summed E-state index contributed by atoms with van der Waals surface area (Å²) in [5.74, 6) is -0.210. The number of carbonyl (C=O) groups is 3. The first-order valence-corrected chi connectivity index (χ1v) is 15.5. The molecule has 0 spiro atoms. The Balaban J connectivity index is 1.54. The molecule has 6 N–H and O–H groups in total. The van der Waals surface area contributed by atoms with E-state index in [0.717, 1.165) is 41.3 Å². The second kappa shape index (κ2) is 15.0. The molecule has 4 rings (SSSR count). The van der Waals surface area contributed by atoms with Crippen LogP contribution >= 0.6 is 0 Å². The van der Waals surface area contributed by atoms with E-state index >= 15 is 0 Å². The van der Waals surface area contributed by atoms with Gasteiger partial charge in [0.2, 0.25) is 11.8 Å². The standard InChI is InChI=1S/C34H47N5O4/c1-34(2,3)43-33(42)39-30(20-25-22-36-28-17-11-10-16-27(25)28)32(41)38-29(19-24-14-8-5-9-15-24)31(40)37-26(21-35)18-23-12-6-4-7-13-23/h5,8-11,14-17,22-23,26,29-30,36H,4,6-7,12-13,18-21,35H2,1-3H3,(H,37,40)(H,38,41)(H,39,42)/t26-,29+,30+/m1/s1. The summed E-state index contributed by atoms with van der Waals surface area (Å²) in [5.41, 5.74) is 8.07. The average molecular weight is 590 g/mol. The van der Waals surface area contributed by atoms with Gasteiger partial charge in [0, 0.05) is 42.5 Å². The molecule has 0 saturated heterocycles. The zero-order valence-corrected chi connectivity index (χ0v) is 25.7. The molecular weight excluding hydrogens is 542 g/mol. The van der Waals surface area contributed by atoms with Gasteiger partial charge >= 0.3 is 6.09 Å². The summed E-state index contributed by atoms with van der Waals surface area (Å²) < 4.78 is 5.48. The fourth-order valence-electron chi connectivity index (χ4n) is 5.85. The normalized spacial score (nSPS) is 16.2. The van der Waals surface area contributed by atoms with Crippen molar-refractivity contribution in [3.05, 3.63) is 71.9 Å². The number of aromatic nitrogens is 1. The Morgan fingerprint density at radius 2 is 1.53 bits per heavy atom. The number of amides is 3. The number of para-hydroxylation sites is 1. The van der Waals surface area contributed by atoms with Crippen molar-refractivity contribution in [2.75, 3.05) is 6.54 Å². The van der Waals surface area contributed by atoms with Crippen molar-refractivity contribution in [3.8, 4) is 0 Å². The van der Waals surface area contributed by atoms with Gasteiger partial charge in [0.05, 0.1) is 0 Å². The van der Waals surface area contributed by atoms with Crippen LogP contribution in [0.4, 0.5) is 4.79 Å². The van der Waals surface area contributed by atoms with E-state index in [1.807, 2.05) is 60.8 Å². The van der Waals surface area contributed by atoms with Crippen LogP contribution in [0.5, 0.6) is 0 Å². The molecule has 3 aromatic rings. The Morgan fingerprint density at radius 1 is 0.884 bits per heavy atom. The molecule has 2 aromatic carbocycles. The maximum atomic E-state index is 13.9. The van der Waals surface area contributed by atoms with E-state index in [1.165, 1.54) is 19.3 Å². The average Bonchev–Trinajstić information content (AvgIpc) is 3.39. The van der Waals surface area contributed by atoms with Crippen molar-refractivity contribution in [3.63, 3.8) is 0 Å². The van der Waals surface area contributed by atoms with E-state index in [0.29, 0.717) is 18.9 Å². The number of nitrogens with one attached hydrogen (secondary N) is 4. The van der Waals surface area contributed by atoms with Crippen LogP contribution in [0.15, 0.2) is 60.8 Å². The van der Waals surface area contributed by atoms with Crippen LogP contribution in [0.25, 0.3) is 10.9 Å². The monoisotopic (exact) mass is 589 g/mol. The van der Waals surface area contributed by atoms with Gasteiger partial charge in [0.25, 0.3) is 0 Å². The molecule has 0 bridgehead atoms. The van der Waals surface area contributed by atoms with Crippen LogP contribution in [-0.2, 0) is 27.2 Å². The van der Waals surface area contributed by atoms with Crippen LogP contribution < -0.4 is 21.7 Å². The maximum absolute atomic E-state index is 13.9. The van der Waals surface area contributed by atoms with E-state index in [9.17, 15) is 14.4 Å². The van der Waals surface area contributed by atoms with Gasteiger partial charge in [0.15, 0.2) is 0 Å². The van der Waals surface area contributed by atoms with Gasteiger partial charge in [-0.05, 0) is 50.3 Å². The summed E-state index contributed by atoms with van der Waals surface area (Å²) in [6, 6.07) is 15.3. The van der Waals surface area contributed by atoms with E-state index in [-0.39, 0.29) is 18.4 Å². The van der Waals surface area contributed by atoms with Gasteiger partial charge in [0.1, 0.15) is 17.7 Å². The lowest BCUT2D eigenvalue weighted by atomic mass is 9.84. The number of rotatable bonds is 12. The third-order valence-corrected chi connectivity index (χ3v) is 8.00. The highest BCUT2D eigenvalue weighted by atomic mass is 16.6. The third-order valence-electron chi connectivity index (χ3n) is 8.00. The number of H-pyrrole nitrogens is 1. The number of benzene rings is 2. The molecule has 9 nitrogen and oxygen atoms in total.